The van der Waals surface area contributed by atoms with Gasteiger partial charge in [-0.05, 0) is 42.8 Å². The minimum Gasteiger partial charge on any atom is -0.453 e. The molecule has 1 amide bonds. The molecular weight excluding hydrogens is 396 g/mol. The van der Waals surface area contributed by atoms with Crippen LogP contribution in [0, 0.1) is 6.92 Å². The molecule has 0 bridgehead atoms. The van der Waals surface area contributed by atoms with Gasteiger partial charge in [0.15, 0.2) is 16.7 Å². The van der Waals surface area contributed by atoms with E-state index < -0.39 is 0 Å². The Morgan fingerprint density at radius 1 is 1.21 bits per heavy atom. The third-order valence-electron chi connectivity index (χ3n) is 4.29. The van der Waals surface area contributed by atoms with E-state index in [2.05, 4.69) is 15.5 Å². The maximum Gasteiger partial charge on any atom is 0.234 e. The lowest BCUT2D eigenvalue weighted by Crippen LogP contribution is -2.15. The van der Waals surface area contributed by atoms with E-state index in [1.165, 1.54) is 11.8 Å². The Morgan fingerprint density at radius 2 is 2.04 bits per heavy atom. The highest BCUT2D eigenvalue weighted by atomic mass is 35.5. The molecule has 0 aliphatic heterocycles. The van der Waals surface area contributed by atoms with E-state index in [9.17, 15) is 4.79 Å². The van der Waals surface area contributed by atoms with E-state index in [1.807, 2.05) is 61.0 Å². The van der Waals surface area contributed by atoms with Gasteiger partial charge < -0.3 is 14.3 Å². The number of carbonyl (C=O) groups is 1. The van der Waals surface area contributed by atoms with Crippen LogP contribution in [0.2, 0.25) is 5.02 Å². The Bertz CT molecular complexity index is 1170. The van der Waals surface area contributed by atoms with Gasteiger partial charge in [-0.25, -0.2) is 0 Å². The molecule has 0 unspecified atom stereocenters. The van der Waals surface area contributed by atoms with Crippen molar-refractivity contribution < 1.29 is 9.21 Å². The molecule has 0 atom stereocenters. The second-order valence-corrected chi connectivity index (χ2v) is 7.69. The van der Waals surface area contributed by atoms with E-state index >= 15 is 0 Å². The average molecular weight is 413 g/mol. The lowest BCUT2D eigenvalue weighted by atomic mass is 10.2. The van der Waals surface area contributed by atoms with Crippen molar-refractivity contribution in [1.29, 1.82) is 0 Å². The lowest BCUT2D eigenvalue weighted by Gasteiger charge is -2.07. The van der Waals surface area contributed by atoms with Gasteiger partial charge in [-0.3, -0.25) is 4.79 Å². The van der Waals surface area contributed by atoms with Crippen molar-refractivity contribution in [3.05, 3.63) is 59.1 Å². The first-order valence-corrected chi connectivity index (χ1v) is 9.95. The number of aromatic nitrogens is 3. The van der Waals surface area contributed by atoms with Crippen LogP contribution in [0.1, 0.15) is 5.56 Å². The number of para-hydroxylation sites is 1. The fourth-order valence-corrected chi connectivity index (χ4v) is 3.70. The number of fused-ring (bicyclic) bond motifs is 1. The van der Waals surface area contributed by atoms with Gasteiger partial charge in [-0.2, -0.15) is 0 Å². The first kappa shape index (κ1) is 18.6. The summed E-state index contributed by atoms with van der Waals surface area (Å²) in [6.45, 7) is 1.96. The third-order valence-corrected chi connectivity index (χ3v) is 5.54. The Kier molecular flexibility index (Phi) is 5.11. The summed E-state index contributed by atoms with van der Waals surface area (Å²) < 4.78 is 7.66. The normalized spacial score (nSPS) is 11.1. The molecule has 0 saturated carbocycles. The first-order chi connectivity index (χ1) is 13.5. The highest BCUT2D eigenvalue weighted by Crippen LogP contribution is 2.30. The second kappa shape index (κ2) is 7.69. The Balaban J connectivity index is 1.47. The van der Waals surface area contributed by atoms with Crippen molar-refractivity contribution >= 4 is 45.9 Å². The fraction of sp³-hybridized carbons (Fsp3) is 0.150. The molecular formula is C20H17ClN4O2S. The SMILES string of the molecule is Cc1ccccc1NC(=O)CSc1nnc(-c2cc3cc(Cl)ccc3o2)n1C. The number of halogens is 1. The van der Waals surface area contributed by atoms with Crippen LogP contribution in [-0.2, 0) is 11.8 Å². The van der Waals surface area contributed by atoms with Gasteiger partial charge in [0.2, 0.25) is 5.91 Å². The zero-order valence-electron chi connectivity index (χ0n) is 15.3. The van der Waals surface area contributed by atoms with Crippen LogP contribution in [0.15, 0.2) is 58.1 Å². The predicted octanol–water partition coefficient (Wildman–Crippen LogP) is 4.92. The Hall–Kier alpha value is -2.77. The molecule has 2 heterocycles. The van der Waals surface area contributed by atoms with E-state index in [-0.39, 0.29) is 11.7 Å². The lowest BCUT2D eigenvalue weighted by molar-refractivity contribution is -0.113. The zero-order valence-corrected chi connectivity index (χ0v) is 16.8. The van der Waals surface area contributed by atoms with Crippen LogP contribution in [-0.4, -0.2) is 26.4 Å². The summed E-state index contributed by atoms with van der Waals surface area (Å²) >= 11 is 7.35. The molecule has 1 N–H and O–H groups in total. The van der Waals surface area contributed by atoms with Gasteiger partial charge in [0.25, 0.3) is 0 Å². The van der Waals surface area contributed by atoms with Crippen molar-refractivity contribution in [2.45, 2.75) is 12.1 Å². The fourth-order valence-electron chi connectivity index (χ4n) is 2.81. The van der Waals surface area contributed by atoms with Crippen molar-refractivity contribution in [2.75, 3.05) is 11.1 Å². The summed E-state index contributed by atoms with van der Waals surface area (Å²) in [6.07, 6.45) is 0. The number of aryl methyl sites for hydroxylation is 1. The maximum absolute atomic E-state index is 12.3. The number of rotatable bonds is 5. The predicted molar refractivity (Wildman–Crippen MR) is 112 cm³/mol. The monoisotopic (exact) mass is 412 g/mol. The molecule has 0 spiro atoms. The number of nitrogens with one attached hydrogen (secondary N) is 1. The van der Waals surface area contributed by atoms with Gasteiger partial charge in [0, 0.05) is 23.1 Å². The van der Waals surface area contributed by atoms with Crippen LogP contribution in [0.5, 0.6) is 0 Å². The second-order valence-electron chi connectivity index (χ2n) is 6.31. The first-order valence-electron chi connectivity index (χ1n) is 8.58. The summed E-state index contributed by atoms with van der Waals surface area (Å²) in [5, 5.41) is 13.5. The molecule has 4 aromatic rings. The number of nitrogens with zero attached hydrogens (tertiary/aromatic N) is 3. The Labute approximate surface area is 170 Å². The van der Waals surface area contributed by atoms with Crippen molar-refractivity contribution in [3.63, 3.8) is 0 Å². The van der Waals surface area contributed by atoms with Crippen molar-refractivity contribution in [1.82, 2.24) is 14.8 Å². The van der Waals surface area contributed by atoms with Gasteiger partial charge in [-0.15, -0.1) is 10.2 Å². The standard InChI is InChI=1S/C20H17ClN4O2S/c1-12-5-3-4-6-15(12)22-18(26)11-28-20-24-23-19(25(20)2)17-10-13-9-14(21)7-8-16(13)27-17/h3-10H,11H2,1-2H3,(H,22,26). The van der Waals surface area contributed by atoms with Gasteiger partial charge >= 0.3 is 0 Å². The summed E-state index contributed by atoms with van der Waals surface area (Å²) in [4.78, 5) is 12.3. The van der Waals surface area contributed by atoms with Crippen molar-refractivity contribution in [2.24, 2.45) is 7.05 Å². The summed E-state index contributed by atoms with van der Waals surface area (Å²) in [5.41, 5.74) is 2.56. The molecule has 0 aliphatic carbocycles. The molecule has 8 heteroatoms. The summed E-state index contributed by atoms with van der Waals surface area (Å²) in [6, 6.07) is 15.0. The molecule has 142 valence electrons. The number of amides is 1. The maximum atomic E-state index is 12.3. The van der Waals surface area contributed by atoms with E-state index in [0.29, 0.717) is 21.8 Å². The van der Waals surface area contributed by atoms with Gasteiger partial charge in [0.1, 0.15) is 5.58 Å². The molecule has 2 aromatic carbocycles. The number of hydrogen-bond acceptors (Lipinski definition) is 5. The van der Waals surface area contributed by atoms with Crippen molar-refractivity contribution in [3.8, 4) is 11.6 Å². The number of anilines is 1. The van der Waals surface area contributed by atoms with Crippen LogP contribution in [0.4, 0.5) is 5.69 Å². The number of hydrogen-bond donors (Lipinski definition) is 1. The number of thioether (sulfide) groups is 1. The van der Waals surface area contributed by atoms with Crippen LogP contribution in [0.25, 0.3) is 22.6 Å². The third kappa shape index (κ3) is 3.76. The molecule has 0 fully saturated rings. The Morgan fingerprint density at radius 3 is 2.86 bits per heavy atom. The van der Waals surface area contributed by atoms with Crippen LogP contribution >= 0.6 is 23.4 Å². The molecule has 2 aromatic heterocycles. The molecule has 0 saturated heterocycles. The molecule has 0 aliphatic rings. The summed E-state index contributed by atoms with van der Waals surface area (Å²) in [5.74, 6) is 1.33. The van der Waals surface area contributed by atoms with Gasteiger partial charge in [-0.1, -0.05) is 41.6 Å². The number of benzene rings is 2. The van der Waals surface area contributed by atoms with E-state index in [1.54, 1.807) is 6.07 Å². The number of carbonyl (C=O) groups excluding carboxylic acids is 1. The topological polar surface area (TPSA) is 73.0 Å². The van der Waals surface area contributed by atoms with Crippen LogP contribution in [0.3, 0.4) is 0 Å². The highest BCUT2D eigenvalue weighted by molar-refractivity contribution is 7.99. The molecule has 4 rings (SSSR count). The average Bonchev–Trinajstić information content (AvgIpc) is 3.24. The smallest absolute Gasteiger partial charge is 0.234 e. The number of furan rings is 1. The highest BCUT2D eigenvalue weighted by Gasteiger charge is 2.16. The molecule has 0 radical (unpaired) electrons. The van der Waals surface area contributed by atoms with E-state index in [4.69, 9.17) is 16.0 Å². The minimum absolute atomic E-state index is 0.0952. The molecule has 28 heavy (non-hydrogen) atoms. The zero-order chi connectivity index (χ0) is 19.7. The molecule has 6 nitrogen and oxygen atoms in total. The summed E-state index contributed by atoms with van der Waals surface area (Å²) in [7, 11) is 1.84. The van der Waals surface area contributed by atoms with E-state index in [0.717, 1.165) is 22.2 Å². The largest absolute Gasteiger partial charge is 0.453 e. The minimum atomic E-state index is -0.0952. The van der Waals surface area contributed by atoms with Crippen LogP contribution < -0.4 is 5.32 Å². The van der Waals surface area contributed by atoms with Gasteiger partial charge in [0.05, 0.1) is 5.75 Å². The quantitative estimate of drug-likeness (QED) is 0.471.